The minimum atomic E-state index is -0.378. The van der Waals surface area contributed by atoms with E-state index in [1.807, 2.05) is 30.3 Å². The molecule has 1 amide bonds. The number of aliphatic imine (C=N–C) groups is 1. The fourth-order valence-corrected chi connectivity index (χ4v) is 2.20. The standard InChI is InChI=1S/C19H23FN4O.HI/c1-14-8-9-16(12-17(14)20)18(25)22-10-11-23-19(21-2)24-13-15-6-4-3-5-7-15;/h3-9,12H,10-11,13H2,1-2H3,(H,22,25)(H2,21,23,24);1H. The molecule has 2 aromatic carbocycles. The van der Waals surface area contributed by atoms with Gasteiger partial charge in [-0.05, 0) is 30.2 Å². The van der Waals surface area contributed by atoms with Crippen molar-refractivity contribution < 1.29 is 9.18 Å². The number of halogens is 2. The van der Waals surface area contributed by atoms with Gasteiger partial charge in [0.05, 0.1) is 0 Å². The van der Waals surface area contributed by atoms with E-state index in [1.165, 1.54) is 6.07 Å². The van der Waals surface area contributed by atoms with Crippen LogP contribution in [0.4, 0.5) is 4.39 Å². The molecule has 0 aliphatic carbocycles. The van der Waals surface area contributed by atoms with Crippen LogP contribution in [0.5, 0.6) is 0 Å². The molecule has 140 valence electrons. The van der Waals surface area contributed by atoms with Crippen molar-refractivity contribution in [2.24, 2.45) is 4.99 Å². The highest BCUT2D eigenvalue weighted by atomic mass is 127. The number of hydrogen-bond donors (Lipinski definition) is 3. The maximum absolute atomic E-state index is 13.5. The van der Waals surface area contributed by atoms with Crippen molar-refractivity contribution >= 4 is 35.8 Å². The predicted molar refractivity (Wildman–Crippen MR) is 114 cm³/mol. The van der Waals surface area contributed by atoms with Gasteiger partial charge in [0.1, 0.15) is 5.82 Å². The topological polar surface area (TPSA) is 65.5 Å². The molecule has 2 rings (SSSR count). The van der Waals surface area contributed by atoms with Gasteiger partial charge in [-0.25, -0.2) is 4.39 Å². The molecule has 0 atom stereocenters. The van der Waals surface area contributed by atoms with Gasteiger partial charge in [0.25, 0.3) is 5.91 Å². The van der Waals surface area contributed by atoms with E-state index < -0.39 is 0 Å². The Morgan fingerprint density at radius 3 is 2.38 bits per heavy atom. The summed E-state index contributed by atoms with van der Waals surface area (Å²) in [7, 11) is 1.69. The predicted octanol–water partition coefficient (Wildman–Crippen LogP) is 2.85. The highest BCUT2D eigenvalue weighted by Gasteiger charge is 2.07. The number of nitrogens with one attached hydrogen (secondary N) is 3. The molecule has 0 saturated heterocycles. The van der Waals surface area contributed by atoms with E-state index in [1.54, 1.807) is 26.1 Å². The zero-order chi connectivity index (χ0) is 18.1. The molecular formula is C19H24FIN4O. The largest absolute Gasteiger partial charge is 0.355 e. The Morgan fingerprint density at radius 2 is 1.73 bits per heavy atom. The molecule has 0 bridgehead atoms. The molecule has 2 aromatic rings. The molecule has 0 aliphatic rings. The normalized spacial score (nSPS) is 10.7. The van der Waals surface area contributed by atoms with E-state index in [-0.39, 0.29) is 35.7 Å². The van der Waals surface area contributed by atoms with Crippen LogP contribution in [0.2, 0.25) is 0 Å². The second-order valence-electron chi connectivity index (χ2n) is 5.56. The lowest BCUT2D eigenvalue weighted by Gasteiger charge is -2.12. The first-order valence-corrected chi connectivity index (χ1v) is 8.13. The number of nitrogens with zero attached hydrogens (tertiary/aromatic N) is 1. The molecule has 26 heavy (non-hydrogen) atoms. The lowest BCUT2D eigenvalue weighted by molar-refractivity contribution is 0.0954. The van der Waals surface area contributed by atoms with E-state index in [9.17, 15) is 9.18 Å². The first-order valence-electron chi connectivity index (χ1n) is 8.13. The Kier molecular flexibility index (Phi) is 9.64. The summed E-state index contributed by atoms with van der Waals surface area (Å²) in [5.41, 5.74) is 1.99. The van der Waals surface area contributed by atoms with Crippen molar-refractivity contribution in [1.82, 2.24) is 16.0 Å². The van der Waals surface area contributed by atoms with Gasteiger partial charge in [0.2, 0.25) is 0 Å². The molecule has 0 spiro atoms. The number of hydrogen-bond acceptors (Lipinski definition) is 2. The molecule has 0 unspecified atom stereocenters. The molecule has 7 heteroatoms. The minimum absolute atomic E-state index is 0. The van der Waals surface area contributed by atoms with Gasteiger partial charge >= 0.3 is 0 Å². The van der Waals surface area contributed by atoms with E-state index in [0.29, 0.717) is 36.7 Å². The molecule has 0 heterocycles. The minimum Gasteiger partial charge on any atom is -0.355 e. The summed E-state index contributed by atoms with van der Waals surface area (Å²) in [6, 6.07) is 14.5. The third-order valence-electron chi connectivity index (χ3n) is 3.66. The molecule has 5 nitrogen and oxygen atoms in total. The average molecular weight is 470 g/mol. The van der Waals surface area contributed by atoms with Crippen LogP contribution in [0.3, 0.4) is 0 Å². The molecule has 0 radical (unpaired) electrons. The second kappa shape index (κ2) is 11.5. The Bertz CT molecular complexity index is 738. The summed E-state index contributed by atoms with van der Waals surface area (Å²) in [5, 5.41) is 9.06. The van der Waals surface area contributed by atoms with Gasteiger partial charge in [-0.15, -0.1) is 24.0 Å². The summed E-state index contributed by atoms with van der Waals surface area (Å²) in [5.74, 6) is -0.0243. The SMILES string of the molecule is CN=C(NCCNC(=O)c1ccc(C)c(F)c1)NCc1ccccc1.I. The summed E-state index contributed by atoms with van der Waals surface area (Å²) >= 11 is 0. The average Bonchev–Trinajstić information content (AvgIpc) is 2.64. The van der Waals surface area contributed by atoms with Crippen LogP contribution in [0.25, 0.3) is 0 Å². The van der Waals surface area contributed by atoms with Crippen molar-refractivity contribution in [3.8, 4) is 0 Å². The fourth-order valence-electron chi connectivity index (χ4n) is 2.20. The summed E-state index contributed by atoms with van der Waals surface area (Å²) in [4.78, 5) is 16.1. The van der Waals surface area contributed by atoms with Gasteiger partial charge in [0.15, 0.2) is 5.96 Å². The van der Waals surface area contributed by atoms with Crippen molar-refractivity contribution in [2.45, 2.75) is 13.5 Å². The quantitative estimate of drug-likeness (QED) is 0.263. The van der Waals surface area contributed by atoms with Gasteiger partial charge in [-0.2, -0.15) is 0 Å². The van der Waals surface area contributed by atoms with Gasteiger partial charge in [-0.1, -0.05) is 36.4 Å². The molecule has 3 N–H and O–H groups in total. The van der Waals surface area contributed by atoms with Crippen molar-refractivity contribution in [2.75, 3.05) is 20.1 Å². The van der Waals surface area contributed by atoms with Crippen LogP contribution >= 0.6 is 24.0 Å². The van der Waals surface area contributed by atoms with E-state index in [0.717, 1.165) is 5.56 Å². The Balaban J connectivity index is 0.00000338. The third kappa shape index (κ3) is 6.99. The molecule has 0 fully saturated rings. The lowest BCUT2D eigenvalue weighted by atomic mass is 10.1. The number of carbonyl (C=O) groups excluding carboxylic acids is 1. The number of amides is 1. The molecular weight excluding hydrogens is 446 g/mol. The molecule has 0 saturated carbocycles. The van der Waals surface area contributed by atoms with Crippen molar-refractivity contribution in [1.29, 1.82) is 0 Å². The van der Waals surface area contributed by atoms with Crippen LogP contribution in [-0.2, 0) is 6.54 Å². The summed E-state index contributed by atoms with van der Waals surface area (Å²) < 4.78 is 13.5. The zero-order valence-corrected chi connectivity index (χ0v) is 17.2. The molecule has 0 aromatic heterocycles. The number of aryl methyl sites for hydroxylation is 1. The Morgan fingerprint density at radius 1 is 1.04 bits per heavy atom. The number of carbonyl (C=O) groups is 1. The second-order valence-corrected chi connectivity index (χ2v) is 5.56. The van der Waals surface area contributed by atoms with E-state index in [4.69, 9.17) is 0 Å². The van der Waals surface area contributed by atoms with Gasteiger partial charge < -0.3 is 16.0 Å². The maximum atomic E-state index is 13.5. The lowest BCUT2D eigenvalue weighted by Crippen LogP contribution is -2.41. The number of guanidine groups is 1. The van der Waals surface area contributed by atoms with Crippen LogP contribution in [0.1, 0.15) is 21.5 Å². The van der Waals surface area contributed by atoms with Crippen LogP contribution < -0.4 is 16.0 Å². The maximum Gasteiger partial charge on any atom is 0.251 e. The van der Waals surface area contributed by atoms with Crippen LogP contribution in [-0.4, -0.2) is 32.0 Å². The summed E-state index contributed by atoms with van der Waals surface area (Å²) in [6.07, 6.45) is 0. The Hall–Kier alpha value is -2.16. The van der Waals surface area contributed by atoms with E-state index in [2.05, 4.69) is 20.9 Å². The highest BCUT2D eigenvalue weighted by Crippen LogP contribution is 2.08. The smallest absolute Gasteiger partial charge is 0.251 e. The highest BCUT2D eigenvalue weighted by molar-refractivity contribution is 14.0. The fraction of sp³-hybridized carbons (Fsp3) is 0.263. The van der Waals surface area contributed by atoms with Gasteiger partial charge in [0, 0.05) is 32.2 Å². The Labute approximate surface area is 170 Å². The van der Waals surface area contributed by atoms with Gasteiger partial charge in [-0.3, -0.25) is 9.79 Å². The number of rotatable bonds is 6. The third-order valence-corrected chi connectivity index (χ3v) is 3.66. The number of benzene rings is 2. The summed E-state index contributed by atoms with van der Waals surface area (Å²) in [6.45, 7) is 3.24. The zero-order valence-electron chi connectivity index (χ0n) is 14.9. The van der Waals surface area contributed by atoms with E-state index >= 15 is 0 Å². The monoisotopic (exact) mass is 470 g/mol. The van der Waals surface area contributed by atoms with Crippen molar-refractivity contribution in [3.05, 3.63) is 71.0 Å². The van der Waals surface area contributed by atoms with Crippen LogP contribution in [0.15, 0.2) is 53.5 Å². The van der Waals surface area contributed by atoms with Crippen LogP contribution in [0, 0.1) is 12.7 Å². The molecule has 0 aliphatic heterocycles. The first-order chi connectivity index (χ1) is 12.1. The first kappa shape index (κ1) is 21.9. The van der Waals surface area contributed by atoms with Crippen molar-refractivity contribution in [3.63, 3.8) is 0 Å².